The van der Waals surface area contributed by atoms with Crippen LogP contribution in [-0.4, -0.2) is 14.8 Å². The fraction of sp³-hybridized carbons (Fsp3) is 0.333. The normalized spacial score (nSPS) is 12.6. The first-order valence-electron chi connectivity index (χ1n) is 5.48. The summed E-state index contributed by atoms with van der Waals surface area (Å²) in [6.45, 7) is 2.43. The van der Waals surface area contributed by atoms with Gasteiger partial charge in [0, 0.05) is 12.5 Å². The van der Waals surface area contributed by atoms with Gasteiger partial charge in [-0.3, -0.25) is 4.68 Å². The predicted molar refractivity (Wildman–Crippen MR) is 59.4 cm³/mol. The van der Waals surface area contributed by atoms with Crippen LogP contribution < -0.4 is 0 Å². The topological polar surface area (TPSA) is 30.7 Å². The van der Waals surface area contributed by atoms with Crippen molar-refractivity contribution in [1.29, 1.82) is 0 Å². The van der Waals surface area contributed by atoms with E-state index >= 15 is 0 Å². The van der Waals surface area contributed by atoms with E-state index in [9.17, 15) is 8.78 Å². The average molecular weight is 237 g/mol. The van der Waals surface area contributed by atoms with E-state index in [0.29, 0.717) is 18.5 Å². The molecule has 0 N–H and O–H groups in total. The molecule has 0 aliphatic carbocycles. The Morgan fingerprint density at radius 1 is 1.35 bits per heavy atom. The second kappa shape index (κ2) is 5.03. The summed E-state index contributed by atoms with van der Waals surface area (Å²) in [5.41, 5.74) is 0.392. The highest BCUT2D eigenvalue weighted by Gasteiger charge is 2.15. The van der Waals surface area contributed by atoms with Crippen molar-refractivity contribution in [3.05, 3.63) is 48.1 Å². The average Bonchev–Trinajstić information content (AvgIpc) is 2.82. The Morgan fingerprint density at radius 3 is 2.82 bits per heavy atom. The zero-order valence-corrected chi connectivity index (χ0v) is 9.48. The molecule has 17 heavy (non-hydrogen) atoms. The quantitative estimate of drug-likeness (QED) is 0.818. The molecule has 1 aromatic heterocycles. The van der Waals surface area contributed by atoms with Gasteiger partial charge in [-0.15, -0.1) is 0 Å². The van der Waals surface area contributed by atoms with E-state index in [1.54, 1.807) is 11.0 Å². The Balaban J connectivity index is 2.25. The zero-order valence-electron chi connectivity index (χ0n) is 9.48. The maximum atomic E-state index is 13.6. The Morgan fingerprint density at radius 2 is 2.18 bits per heavy atom. The molecule has 2 aromatic rings. The first-order chi connectivity index (χ1) is 8.20. The maximum Gasteiger partial charge on any atom is 0.137 e. The lowest BCUT2D eigenvalue weighted by Crippen LogP contribution is -2.11. The van der Waals surface area contributed by atoms with Gasteiger partial charge in [-0.25, -0.2) is 13.8 Å². The van der Waals surface area contributed by atoms with Crippen molar-refractivity contribution in [2.75, 3.05) is 0 Å². The van der Waals surface area contributed by atoms with Crippen molar-refractivity contribution >= 4 is 0 Å². The standard InChI is InChI=1S/C12H13F2N3/c1-2-9(6-17-8-15-7-16-17)11-5-10(13)3-4-12(11)14/h3-5,7-9H,2,6H2,1H3. The lowest BCUT2D eigenvalue weighted by Gasteiger charge is -2.15. The fourth-order valence-corrected chi connectivity index (χ4v) is 1.83. The number of aromatic nitrogens is 3. The van der Waals surface area contributed by atoms with E-state index in [1.807, 2.05) is 6.92 Å². The highest BCUT2D eigenvalue weighted by atomic mass is 19.1. The first-order valence-corrected chi connectivity index (χ1v) is 5.48. The van der Waals surface area contributed by atoms with E-state index in [1.165, 1.54) is 12.4 Å². The van der Waals surface area contributed by atoms with Crippen LogP contribution in [0.2, 0.25) is 0 Å². The lowest BCUT2D eigenvalue weighted by atomic mass is 9.96. The second-order valence-electron chi connectivity index (χ2n) is 3.89. The molecule has 0 saturated heterocycles. The van der Waals surface area contributed by atoms with Crippen LogP contribution in [0.25, 0.3) is 0 Å². The van der Waals surface area contributed by atoms with Crippen molar-refractivity contribution in [3.8, 4) is 0 Å². The lowest BCUT2D eigenvalue weighted by molar-refractivity contribution is 0.476. The molecule has 0 saturated carbocycles. The molecule has 0 bridgehead atoms. The Bertz CT molecular complexity index is 483. The van der Waals surface area contributed by atoms with Crippen LogP contribution in [-0.2, 0) is 6.54 Å². The minimum atomic E-state index is -0.418. The van der Waals surface area contributed by atoms with Crippen molar-refractivity contribution in [2.24, 2.45) is 0 Å². The highest BCUT2D eigenvalue weighted by Crippen LogP contribution is 2.24. The van der Waals surface area contributed by atoms with E-state index in [4.69, 9.17) is 0 Å². The van der Waals surface area contributed by atoms with Crippen LogP contribution in [0.15, 0.2) is 30.9 Å². The van der Waals surface area contributed by atoms with E-state index < -0.39 is 5.82 Å². The van der Waals surface area contributed by atoms with Gasteiger partial charge in [-0.2, -0.15) is 5.10 Å². The molecule has 0 amide bonds. The minimum absolute atomic E-state index is 0.104. The van der Waals surface area contributed by atoms with Crippen molar-refractivity contribution in [3.63, 3.8) is 0 Å². The molecule has 0 spiro atoms. The van der Waals surface area contributed by atoms with E-state index in [0.717, 1.165) is 12.1 Å². The minimum Gasteiger partial charge on any atom is -0.252 e. The summed E-state index contributed by atoms with van der Waals surface area (Å²) in [6, 6.07) is 3.54. The number of hydrogen-bond acceptors (Lipinski definition) is 2. The summed E-state index contributed by atoms with van der Waals surface area (Å²) in [5.74, 6) is -0.899. The maximum absolute atomic E-state index is 13.6. The van der Waals surface area contributed by atoms with Gasteiger partial charge in [-0.1, -0.05) is 6.92 Å². The summed E-state index contributed by atoms with van der Waals surface area (Å²) < 4.78 is 28.4. The fourth-order valence-electron chi connectivity index (χ4n) is 1.83. The van der Waals surface area contributed by atoms with Gasteiger partial charge in [0.15, 0.2) is 0 Å². The third kappa shape index (κ3) is 2.67. The van der Waals surface area contributed by atoms with Crippen molar-refractivity contribution in [1.82, 2.24) is 14.8 Å². The molecule has 0 fully saturated rings. The van der Waals surface area contributed by atoms with Crippen LogP contribution in [0.5, 0.6) is 0 Å². The number of benzene rings is 1. The SMILES string of the molecule is CCC(Cn1cncn1)c1cc(F)ccc1F. The van der Waals surface area contributed by atoms with E-state index in [-0.39, 0.29) is 11.7 Å². The molecule has 2 rings (SSSR count). The molecule has 1 unspecified atom stereocenters. The van der Waals surface area contributed by atoms with Gasteiger partial charge in [0.25, 0.3) is 0 Å². The van der Waals surface area contributed by atoms with Crippen LogP contribution in [0.4, 0.5) is 8.78 Å². The van der Waals surface area contributed by atoms with Crippen LogP contribution in [0.3, 0.4) is 0 Å². The Kier molecular flexibility index (Phi) is 3.46. The van der Waals surface area contributed by atoms with Gasteiger partial charge >= 0.3 is 0 Å². The van der Waals surface area contributed by atoms with Crippen molar-refractivity contribution < 1.29 is 8.78 Å². The predicted octanol–water partition coefficient (Wildman–Crippen LogP) is 2.75. The van der Waals surface area contributed by atoms with Gasteiger partial charge < -0.3 is 0 Å². The third-order valence-electron chi connectivity index (χ3n) is 2.76. The van der Waals surface area contributed by atoms with Crippen LogP contribution >= 0.6 is 0 Å². The molecule has 1 aromatic carbocycles. The summed E-state index contributed by atoms with van der Waals surface area (Å²) in [5, 5.41) is 3.97. The Hall–Kier alpha value is -1.78. The summed E-state index contributed by atoms with van der Waals surface area (Å²) in [4.78, 5) is 3.83. The Labute approximate surface area is 98.1 Å². The summed E-state index contributed by atoms with van der Waals surface area (Å²) >= 11 is 0. The summed E-state index contributed by atoms with van der Waals surface area (Å²) in [7, 11) is 0. The molecule has 0 radical (unpaired) electrons. The molecular weight excluding hydrogens is 224 g/mol. The molecule has 5 heteroatoms. The second-order valence-corrected chi connectivity index (χ2v) is 3.89. The van der Waals surface area contributed by atoms with Crippen molar-refractivity contribution in [2.45, 2.75) is 25.8 Å². The molecular formula is C12H13F2N3. The zero-order chi connectivity index (χ0) is 12.3. The molecule has 1 heterocycles. The number of hydrogen-bond donors (Lipinski definition) is 0. The third-order valence-corrected chi connectivity index (χ3v) is 2.76. The molecule has 0 aliphatic rings. The van der Waals surface area contributed by atoms with Gasteiger partial charge in [-0.05, 0) is 30.2 Å². The number of halogens is 2. The van der Waals surface area contributed by atoms with Crippen LogP contribution in [0, 0.1) is 11.6 Å². The van der Waals surface area contributed by atoms with E-state index in [2.05, 4.69) is 10.1 Å². The largest absolute Gasteiger partial charge is 0.252 e. The number of rotatable bonds is 4. The highest BCUT2D eigenvalue weighted by molar-refractivity contribution is 5.22. The molecule has 1 atom stereocenters. The van der Waals surface area contributed by atoms with Crippen LogP contribution in [0.1, 0.15) is 24.8 Å². The van der Waals surface area contributed by atoms with Gasteiger partial charge in [0.05, 0.1) is 0 Å². The molecule has 90 valence electrons. The van der Waals surface area contributed by atoms with Gasteiger partial charge in [0.2, 0.25) is 0 Å². The van der Waals surface area contributed by atoms with Gasteiger partial charge in [0.1, 0.15) is 24.3 Å². The first kappa shape index (κ1) is 11.7. The molecule has 3 nitrogen and oxygen atoms in total. The smallest absolute Gasteiger partial charge is 0.137 e. The molecule has 0 aliphatic heterocycles. The monoisotopic (exact) mass is 237 g/mol. The summed E-state index contributed by atoms with van der Waals surface area (Å²) in [6.07, 6.45) is 3.70. The number of nitrogens with zero attached hydrogens (tertiary/aromatic N) is 3.